The minimum absolute atomic E-state index is 0.0392. The maximum atomic E-state index is 12.3. The first-order valence-corrected chi connectivity index (χ1v) is 9.87. The van der Waals surface area contributed by atoms with Crippen LogP contribution in [-0.4, -0.2) is 32.9 Å². The molecule has 2 aromatic rings. The van der Waals surface area contributed by atoms with Gasteiger partial charge in [-0.05, 0) is 42.8 Å². The summed E-state index contributed by atoms with van der Waals surface area (Å²) in [7, 11) is -2.04. The molecule has 0 heterocycles. The van der Waals surface area contributed by atoms with Gasteiger partial charge in [-0.1, -0.05) is 29.8 Å². The molecule has 6 nitrogen and oxygen atoms in total. The summed E-state index contributed by atoms with van der Waals surface area (Å²) < 4.78 is 28.1. The third-order valence-electron chi connectivity index (χ3n) is 4.05. The zero-order valence-corrected chi connectivity index (χ0v) is 16.1. The Morgan fingerprint density at radius 3 is 2.46 bits per heavy atom. The van der Waals surface area contributed by atoms with Crippen molar-refractivity contribution in [1.29, 1.82) is 0 Å². The number of hydrogen-bond donors (Lipinski definition) is 1. The molecular weight excluding hydrogens is 376 g/mol. The molecule has 0 saturated heterocycles. The van der Waals surface area contributed by atoms with Gasteiger partial charge in [0.25, 0.3) is 0 Å². The van der Waals surface area contributed by atoms with Gasteiger partial charge < -0.3 is 9.64 Å². The topological polar surface area (TPSA) is 89.7 Å². The van der Waals surface area contributed by atoms with Gasteiger partial charge in [-0.15, -0.1) is 0 Å². The molecule has 1 amide bonds. The molecule has 1 unspecified atom stereocenters. The summed E-state index contributed by atoms with van der Waals surface area (Å²) in [5, 5.41) is 5.66. The number of ether oxygens (including phenoxy) is 1. The van der Waals surface area contributed by atoms with Crippen molar-refractivity contribution >= 4 is 27.5 Å². The molecule has 2 N–H and O–H groups in total. The summed E-state index contributed by atoms with van der Waals surface area (Å²) in [6, 6.07) is 12.9. The summed E-state index contributed by atoms with van der Waals surface area (Å²) in [4.78, 5) is 14.0. The van der Waals surface area contributed by atoms with E-state index in [0.717, 1.165) is 5.56 Å². The van der Waals surface area contributed by atoms with Crippen LogP contribution in [0.5, 0.6) is 5.75 Å². The number of carbonyl (C=O) groups is 1. The Hall–Kier alpha value is -2.09. The normalized spacial score (nSPS) is 12.5. The number of primary sulfonamides is 1. The van der Waals surface area contributed by atoms with Gasteiger partial charge in [-0.2, -0.15) is 0 Å². The van der Waals surface area contributed by atoms with Crippen LogP contribution in [0.4, 0.5) is 0 Å². The molecular formula is C18H21ClN2O4S. The largest absolute Gasteiger partial charge is 0.493 e. The average Bonchev–Trinajstić information content (AvgIpc) is 2.60. The van der Waals surface area contributed by atoms with Crippen LogP contribution in [-0.2, 0) is 14.8 Å². The molecule has 2 aromatic carbocycles. The lowest BCUT2D eigenvalue weighted by atomic mass is 10.1. The Labute approximate surface area is 158 Å². The van der Waals surface area contributed by atoms with Crippen molar-refractivity contribution in [3.8, 4) is 5.75 Å². The predicted octanol–water partition coefficient (Wildman–Crippen LogP) is 2.98. The first-order valence-electron chi connectivity index (χ1n) is 7.95. The summed E-state index contributed by atoms with van der Waals surface area (Å²) in [6.45, 7) is 2.10. The maximum Gasteiger partial charge on any atom is 0.238 e. The number of halogens is 1. The van der Waals surface area contributed by atoms with Crippen molar-refractivity contribution in [2.24, 2.45) is 5.14 Å². The number of sulfonamides is 1. The molecule has 8 heteroatoms. The summed E-state index contributed by atoms with van der Waals surface area (Å²) in [6.07, 6.45) is 0.211. The van der Waals surface area contributed by atoms with Crippen molar-refractivity contribution in [3.05, 3.63) is 59.1 Å². The maximum absolute atomic E-state index is 12.3. The second-order valence-electron chi connectivity index (χ2n) is 5.85. The highest BCUT2D eigenvalue weighted by Gasteiger charge is 2.18. The Kier molecular flexibility index (Phi) is 6.63. The van der Waals surface area contributed by atoms with Gasteiger partial charge in [0.05, 0.1) is 24.0 Å². The molecule has 0 spiro atoms. The molecule has 0 aliphatic rings. The minimum atomic E-state index is -3.73. The van der Waals surface area contributed by atoms with Crippen LogP contribution in [0.2, 0.25) is 5.02 Å². The molecule has 0 aromatic heterocycles. The molecule has 0 bridgehead atoms. The Bertz CT molecular complexity index is 869. The number of benzene rings is 2. The van der Waals surface area contributed by atoms with Crippen LogP contribution in [0.3, 0.4) is 0 Å². The standard InChI is InChI=1S/C18H21ClN2O4S/c1-13(14-6-8-17(9-7-14)26(20,23)24)21(2)18(22)10-11-25-16-5-3-4-15(19)12-16/h3-9,12-13H,10-11H2,1-2H3,(H2,20,23,24). The van der Waals surface area contributed by atoms with Crippen molar-refractivity contribution < 1.29 is 17.9 Å². The van der Waals surface area contributed by atoms with E-state index in [9.17, 15) is 13.2 Å². The van der Waals surface area contributed by atoms with Gasteiger partial charge in [0.1, 0.15) is 5.75 Å². The fourth-order valence-electron chi connectivity index (χ4n) is 2.36. The van der Waals surface area contributed by atoms with Gasteiger partial charge in [0, 0.05) is 12.1 Å². The fourth-order valence-corrected chi connectivity index (χ4v) is 3.06. The Morgan fingerprint density at radius 2 is 1.88 bits per heavy atom. The highest BCUT2D eigenvalue weighted by Crippen LogP contribution is 2.21. The van der Waals surface area contributed by atoms with E-state index in [2.05, 4.69) is 0 Å². The molecule has 26 heavy (non-hydrogen) atoms. The predicted molar refractivity (Wildman–Crippen MR) is 101 cm³/mol. The summed E-state index contributed by atoms with van der Waals surface area (Å²) >= 11 is 5.88. The third-order valence-corrected chi connectivity index (χ3v) is 5.21. The third kappa shape index (κ3) is 5.45. The van der Waals surface area contributed by atoms with Crippen LogP contribution in [0, 0.1) is 0 Å². The average molecular weight is 397 g/mol. The lowest BCUT2D eigenvalue weighted by molar-refractivity contribution is -0.132. The number of amides is 1. The van der Waals surface area contributed by atoms with Crippen LogP contribution in [0.15, 0.2) is 53.4 Å². The zero-order valence-electron chi connectivity index (χ0n) is 14.6. The van der Waals surface area contributed by atoms with E-state index in [1.807, 2.05) is 6.92 Å². The van der Waals surface area contributed by atoms with Crippen molar-refractivity contribution in [1.82, 2.24) is 4.90 Å². The summed E-state index contributed by atoms with van der Waals surface area (Å²) in [5.41, 5.74) is 0.809. The minimum Gasteiger partial charge on any atom is -0.493 e. The molecule has 140 valence electrons. The van der Waals surface area contributed by atoms with Gasteiger partial charge in [-0.25, -0.2) is 13.6 Å². The van der Waals surface area contributed by atoms with Crippen LogP contribution in [0.1, 0.15) is 24.9 Å². The van der Waals surface area contributed by atoms with Gasteiger partial charge in [0.15, 0.2) is 0 Å². The van der Waals surface area contributed by atoms with E-state index in [1.54, 1.807) is 48.3 Å². The number of carbonyl (C=O) groups excluding carboxylic acids is 1. The molecule has 0 radical (unpaired) electrons. The van der Waals surface area contributed by atoms with E-state index < -0.39 is 10.0 Å². The van der Waals surface area contributed by atoms with Gasteiger partial charge in [-0.3, -0.25) is 4.79 Å². The lowest BCUT2D eigenvalue weighted by Crippen LogP contribution is -2.30. The molecule has 2 rings (SSSR count). The number of nitrogens with two attached hydrogens (primary N) is 1. The van der Waals surface area contributed by atoms with E-state index in [-0.39, 0.29) is 29.9 Å². The lowest BCUT2D eigenvalue weighted by Gasteiger charge is -2.25. The van der Waals surface area contributed by atoms with E-state index in [1.165, 1.54) is 12.1 Å². The number of nitrogens with zero attached hydrogens (tertiary/aromatic N) is 1. The van der Waals surface area contributed by atoms with Crippen molar-refractivity contribution in [2.45, 2.75) is 24.3 Å². The first kappa shape index (κ1) is 20.2. The molecule has 1 atom stereocenters. The molecule has 0 aliphatic carbocycles. The number of rotatable bonds is 7. The highest BCUT2D eigenvalue weighted by molar-refractivity contribution is 7.89. The summed E-state index contributed by atoms with van der Waals surface area (Å²) in [5.74, 6) is 0.523. The van der Waals surface area contributed by atoms with Crippen LogP contribution in [0.25, 0.3) is 0 Å². The number of hydrogen-bond acceptors (Lipinski definition) is 4. The van der Waals surface area contributed by atoms with Crippen molar-refractivity contribution in [3.63, 3.8) is 0 Å². The second-order valence-corrected chi connectivity index (χ2v) is 7.85. The molecule has 0 fully saturated rings. The smallest absolute Gasteiger partial charge is 0.238 e. The van der Waals surface area contributed by atoms with Crippen LogP contribution < -0.4 is 9.88 Å². The van der Waals surface area contributed by atoms with E-state index in [0.29, 0.717) is 10.8 Å². The van der Waals surface area contributed by atoms with Crippen LogP contribution >= 0.6 is 11.6 Å². The highest BCUT2D eigenvalue weighted by atomic mass is 35.5. The van der Waals surface area contributed by atoms with Gasteiger partial charge >= 0.3 is 0 Å². The van der Waals surface area contributed by atoms with Crippen molar-refractivity contribution in [2.75, 3.05) is 13.7 Å². The SMILES string of the molecule is CC(c1ccc(S(N)(=O)=O)cc1)N(C)C(=O)CCOc1cccc(Cl)c1. The first-order chi connectivity index (χ1) is 12.2. The molecule has 0 saturated carbocycles. The van der Waals surface area contributed by atoms with Gasteiger partial charge in [0.2, 0.25) is 15.9 Å². The van der Waals surface area contributed by atoms with E-state index in [4.69, 9.17) is 21.5 Å². The Balaban J connectivity index is 1.92. The Morgan fingerprint density at radius 1 is 1.23 bits per heavy atom. The monoisotopic (exact) mass is 396 g/mol. The zero-order chi connectivity index (χ0) is 19.3. The fraction of sp³-hybridized carbons (Fsp3) is 0.278. The second kappa shape index (κ2) is 8.53. The van der Waals surface area contributed by atoms with E-state index >= 15 is 0 Å². The molecule has 0 aliphatic heterocycles. The quantitative estimate of drug-likeness (QED) is 0.779.